The van der Waals surface area contributed by atoms with Crippen molar-refractivity contribution >= 4 is 27.7 Å². The molecule has 2 rings (SSSR count). The summed E-state index contributed by atoms with van der Waals surface area (Å²) in [6.07, 6.45) is 1.61. The molecule has 0 amide bonds. The molecule has 2 aromatic rings. The molecule has 0 fully saturated rings. The number of anilines is 2. The molecule has 0 aliphatic carbocycles. The second-order valence-corrected chi connectivity index (χ2v) is 4.44. The molecule has 0 atom stereocenters. The molecule has 0 spiro atoms. The summed E-state index contributed by atoms with van der Waals surface area (Å²) in [5, 5.41) is 7.04. The highest BCUT2D eigenvalue weighted by Gasteiger charge is 2.10. The molecule has 17 heavy (non-hydrogen) atoms. The fraction of sp³-hybridized carbons (Fsp3) is 0.300. The molecule has 6 nitrogen and oxygen atoms in total. The summed E-state index contributed by atoms with van der Waals surface area (Å²) in [6.45, 7) is 4.35. The minimum Gasteiger partial charge on any atom is -0.368 e. The largest absolute Gasteiger partial charge is 0.368 e. The van der Waals surface area contributed by atoms with E-state index in [2.05, 4.69) is 36.4 Å². The van der Waals surface area contributed by atoms with Crippen molar-refractivity contribution in [3.8, 4) is 0 Å². The van der Waals surface area contributed by atoms with Gasteiger partial charge in [-0.2, -0.15) is 4.98 Å². The number of hydrogen-bond acceptors (Lipinski definition) is 6. The monoisotopic (exact) mass is 297 g/mol. The van der Waals surface area contributed by atoms with E-state index in [9.17, 15) is 0 Å². The van der Waals surface area contributed by atoms with Crippen molar-refractivity contribution in [1.82, 2.24) is 15.1 Å². The predicted molar refractivity (Wildman–Crippen MR) is 67.4 cm³/mol. The van der Waals surface area contributed by atoms with E-state index in [1.807, 2.05) is 13.8 Å². The SMILES string of the molecule is Cc1noc(C)c1CNc1nc(N)ncc1Br. The Morgan fingerprint density at radius 1 is 1.47 bits per heavy atom. The minimum absolute atomic E-state index is 0.231. The number of nitrogens with one attached hydrogen (secondary N) is 1. The van der Waals surface area contributed by atoms with Crippen LogP contribution in [0, 0.1) is 13.8 Å². The first-order valence-corrected chi connectivity index (χ1v) is 5.81. The Bertz CT molecular complexity index is 520. The van der Waals surface area contributed by atoms with Crippen molar-refractivity contribution in [2.75, 3.05) is 11.1 Å². The van der Waals surface area contributed by atoms with E-state index in [1.54, 1.807) is 6.20 Å². The Labute approximate surface area is 107 Å². The lowest BCUT2D eigenvalue weighted by Crippen LogP contribution is -2.06. The maximum absolute atomic E-state index is 5.52. The molecule has 2 heterocycles. The number of nitrogen functional groups attached to an aromatic ring is 1. The highest BCUT2D eigenvalue weighted by Crippen LogP contribution is 2.21. The maximum Gasteiger partial charge on any atom is 0.221 e. The van der Waals surface area contributed by atoms with Crippen molar-refractivity contribution < 1.29 is 4.52 Å². The molecule has 0 unspecified atom stereocenters. The quantitative estimate of drug-likeness (QED) is 0.901. The Morgan fingerprint density at radius 2 is 2.24 bits per heavy atom. The van der Waals surface area contributed by atoms with Gasteiger partial charge in [0.2, 0.25) is 5.95 Å². The molecule has 0 aliphatic heterocycles. The summed E-state index contributed by atoms with van der Waals surface area (Å²) in [7, 11) is 0. The number of aromatic nitrogens is 3. The van der Waals surface area contributed by atoms with E-state index in [0.717, 1.165) is 21.5 Å². The second-order valence-electron chi connectivity index (χ2n) is 3.58. The van der Waals surface area contributed by atoms with Crippen LogP contribution in [0.1, 0.15) is 17.0 Å². The lowest BCUT2D eigenvalue weighted by Gasteiger charge is -2.07. The van der Waals surface area contributed by atoms with E-state index in [-0.39, 0.29) is 5.95 Å². The van der Waals surface area contributed by atoms with Crippen LogP contribution >= 0.6 is 15.9 Å². The van der Waals surface area contributed by atoms with Crippen molar-refractivity contribution in [3.05, 3.63) is 27.7 Å². The zero-order valence-corrected chi connectivity index (χ0v) is 11.1. The van der Waals surface area contributed by atoms with E-state index in [0.29, 0.717) is 12.4 Å². The lowest BCUT2D eigenvalue weighted by molar-refractivity contribution is 0.392. The van der Waals surface area contributed by atoms with Gasteiger partial charge < -0.3 is 15.6 Å². The van der Waals surface area contributed by atoms with Gasteiger partial charge in [0, 0.05) is 18.3 Å². The fourth-order valence-corrected chi connectivity index (χ4v) is 1.76. The zero-order chi connectivity index (χ0) is 12.4. The average Bonchev–Trinajstić information content (AvgIpc) is 2.61. The molecular formula is C10H12BrN5O. The smallest absolute Gasteiger partial charge is 0.221 e. The summed E-state index contributed by atoms with van der Waals surface area (Å²) in [6, 6.07) is 0. The van der Waals surface area contributed by atoms with Gasteiger partial charge in [-0.25, -0.2) is 4.98 Å². The Morgan fingerprint density at radius 3 is 2.88 bits per heavy atom. The van der Waals surface area contributed by atoms with E-state index in [4.69, 9.17) is 10.3 Å². The Hall–Kier alpha value is -1.63. The fourth-order valence-electron chi connectivity index (χ4n) is 1.43. The van der Waals surface area contributed by atoms with Crippen LogP contribution in [-0.2, 0) is 6.54 Å². The topological polar surface area (TPSA) is 89.9 Å². The van der Waals surface area contributed by atoms with Gasteiger partial charge in [0.25, 0.3) is 0 Å². The molecule has 0 bridgehead atoms. The third kappa shape index (κ3) is 2.55. The first kappa shape index (κ1) is 11.8. The number of nitrogens with two attached hydrogens (primary N) is 1. The molecule has 0 radical (unpaired) electrons. The normalized spacial score (nSPS) is 10.5. The van der Waals surface area contributed by atoms with E-state index >= 15 is 0 Å². The third-order valence-electron chi connectivity index (χ3n) is 2.38. The number of aryl methyl sites for hydroxylation is 2. The summed E-state index contributed by atoms with van der Waals surface area (Å²) < 4.78 is 5.84. The molecule has 7 heteroatoms. The molecule has 0 aromatic carbocycles. The average molecular weight is 298 g/mol. The summed E-state index contributed by atoms with van der Waals surface area (Å²) in [5.74, 6) is 1.68. The number of rotatable bonds is 3. The maximum atomic E-state index is 5.52. The summed E-state index contributed by atoms with van der Waals surface area (Å²) in [5.41, 5.74) is 7.41. The van der Waals surface area contributed by atoms with Crippen LogP contribution in [0.5, 0.6) is 0 Å². The van der Waals surface area contributed by atoms with Crippen molar-refractivity contribution in [2.45, 2.75) is 20.4 Å². The predicted octanol–water partition coefficient (Wildman–Crippen LogP) is 2.04. The highest BCUT2D eigenvalue weighted by atomic mass is 79.9. The van der Waals surface area contributed by atoms with Crippen molar-refractivity contribution in [2.24, 2.45) is 0 Å². The highest BCUT2D eigenvalue weighted by molar-refractivity contribution is 9.10. The molecule has 0 aliphatic rings. The standard InChI is InChI=1S/C10H12BrN5O/c1-5-7(6(2)17-16-5)3-13-9-8(11)4-14-10(12)15-9/h4H,3H2,1-2H3,(H3,12,13,14,15). The molecule has 90 valence electrons. The van der Waals surface area contributed by atoms with Crippen LogP contribution in [-0.4, -0.2) is 15.1 Å². The van der Waals surface area contributed by atoms with Crippen LogP contribution in [0.4, 0.5) is 11.8 Å². The van der Waals surface area contributed by atoms with Crippen LogP contribution in [0.15, 0.2) is 15.2 Å². The minimum atomic E-state index is 0.231. The van der Waals surface area contributed by atoms with Crippen molar-refractivity contribution in [3.63, 3.8) is 0 Å². The van der Waals surface area contributed by atoms with Gasteiger partial charge in [0.15, 0.2) is 0 Å². The number of nitrogens with zero attached hydrogens (tertiary/aromatic N) is 3. The van der Waals surface area contributed by atoms with Crippen LogP contribution in [0.3, 0.4) is 0 Å². The van der Waals surface area contributed by atoms with Gasteiger partial charge in [-0.3, -0.25) is 0 Å². The molecule has 3 N–H and O–H groups in total. The van der Waals surface area contributed by atoms with Gasteiger partial charge in [0.05, 0.1) is 10.2 Å². The molecular weight excluding hydrogens is 286 g/mol. The Kier molecular flexibility index (Phi) is 3.28. The zero-order valence-electron chi connectivity index (χ0n) is 9.49. The second kappa shape index (κ2) is 4.70. The van der Waals surface area contributed by atoms with Gasteiger partial charge in [-0.15, -0.1) is 0 Å². The third-order valence-corrected chi connectivity index (χ3v) is 2.96. The lowest BCUT2D eigenvalue weighted by atomic mass is 10.2. The number of halogens is 1. The van der Waals surface area contributed by atoms with Gasteiger partial charge in [0.1, 0.15) is 11.6 Å². The first-order valence-electron chi connectivity index (χ1n) is 5.01. The summed E-state index contributed by atoms with van der Waals surface area (Å²) >= 11 is 3.35. The van der Waals surface area contributed by atoms with Gasteiger partial charge in [-0.1, -0.05) is 5.16 Å². The van der Waals surface area contributed by atoms with E-state index < -0.39 is 0 Å². The van der Waals surface area contributed by atoms with Crippen LogP contribution in [0.25, 0.3) is 0 Å². The van der Waals surface area contributed by atoms with Crippen LogP contribution in [0.2, 0.25) is 0 Å². The first-order chi connectivity index (χ1) is 8.08. The van der Waals surface area contributed by atoms with Gasteiger partial charge in [-0.05, 0) is 29.8 Å². The van der Waals surface area contributed by atoms with E-state index in [1.165, 1.54) is 0 Å². The molecule has 0 saturated carbocycles. The summed E-state index contributed by atoms with van der Waals surface area (Å²) in [4.78, 5) is 7.96. The molecule has 0 saturated heterocycles. The Balaban J connectivity index is 2.15. The number of hydrogen-bond donors (Lipinski definition) is 2. The van der Waals surface area contributed by atoms with Crippen LogP contribution < -0.4 is 11.1 Å². The van der Waals surface area contributed by atoms with Gasteiger partial charge >= 0.3 is 0 Å². The molecule has 2 aromatic heterocycles. The van der Waals surface area contributed by atoms with Crippen molar-refractivity contribution in [1.29, 1.82) is 0 Å².